The number of rotatable bonds is 6. The fourth-order valence-electron chi connectivity index (χ4n) is 2.16. The number of thiophene rings is 1. The highest BCUT2D eigenvalue weighted by molar-refractivity contribution is 7.13. The smallest absolute Gasteiger partial charge is 0.338 e. The lowest BCUT2D eigenvalue weighted by Gasteiger charge is -2.10. The van der Waals surface area contributed by atoms with E-state index in [0.717, 1.165) is 10.4 Å². The third-order valence-electron chi connectivity index (χ3n) is 3.54. The van der Waals surface area contributed by atoms with E-state index in [1.54, 1.807) is 31.2 Å². The first-order valence-corrected chi connectivity index (χ1v) is 8.82. The van der Waals surface area contributed by atoms with E-state index in [0.29, 0.717) is 18.0 Å². The van der Waals surface area contributed by atoms with Crippen molar-refractivity contribution in [1.29, 1.82) is 0 Å². The molecule has 0 aliphatic carbocycles. The molecule has 1 N–H and O–H groups in total. The highest BCUT2D eigenvalue weighted by Crippen LogP contribution is 2.26. The van der Waals surface area contributed by atoms with Crippen molar-refractivity contribution in [3.63, 3.8) is 0 Å². The molecule has 1 amide bonds. The van der Waals surface area contributed by atoms with Crippen LogP contribution in [0.2, 0.25) is 0 Å². The molecule has 0 bridgehead atoms. The number of hydrogen-bond acceptors (Lipinski definition) is 7. The van der Waals surface area contributed by atoms with Gasteiger partial charge in [-0.15, -0.1) is 21.5 Å². The van der Waals surface area contributed by atoms with Crippen LogP contribution in [0.25, 0.3) is 10.8 Å². The van der Waals surface area contributed by atoms with Crippen molar-refractivity contribution in [3.05, 3.63) is 58.8 Å². The van der Waals surface area contributed by atoms with Gasteiger partial charge < -0.3 is 14.5 Å². The summed E-state index contributed by atoms with van der Waals surface area (Å²) in [7, 11) is 0. The van der Waals surface area contributed by atoms with Crippen molar-refractivity contribution < 1.29 is 18.7 Å². The number of nitrogens with one attached hydrogen (secondary N) is 1. The number of carbonyl (C=O) groups excluding carboxylic acids is 2. The minimum atomic E-state index is -0.664. The van der Waals surface area contributed by atoms with Gasteiger partial charge in [0.1, 0.15) is 0 Å². The number of carbonyl (C=O) groups is 2. The van der Waals surface area contributed by atoms with Crippen molar-refractivity contribution in [2.24, 2.45) is 0 Å². The first kappa shape index (κ1) is 17.8. The third-order valence-corrected chi connectivity index (χ3v) is 4.39. The minimum Gasteiger partial charge on any atom is -0.449 e. The van der Waals surface area contributed by atoms with Gasteiger partial charge in [0.05, 0.1) is 10.4 Å². The lowest BCUT2D eigenvalue weighted by atomic mass is 10.1. The topological polar surface area (TPSA) is 94.3 Å². The van der Waals surface area contributed by atoms with Crippen molar-refractivity contribution >= 4 is 23.2 Å². The summed E-state index contributed by atoms with van der Waals surface area (Å²) < 4.78 is 11.0. The molecule has 134 valence electrons. The first-order chi connectivity index (χ1) is 12.5. The summed E-state index contributed by atoms with van der Waals surface area (Å²) >= 11 is 1.49. The number of aromatic nitrogens is 2. The van der Waals surface area contributed by atoms with Crippen LogP contribution in [-0.2, 0) is 16.1 Å². The lowest BCUT2D eigenvalue weighted by Crippen LogP contribution is -2.18. The van der Waals surface area contributed by atoms with Crippen molar-refractivity contribution in [2.75, 3.05) is 0 Å². The highest BCUT2D eigenvalue weighted by Gasteiger charge is 2.20. The number of hydrogen-bond donors (Lipinski definition) is 1. The second-order valence-electron chi connectivity index (χ2n) is 5.58. The molecular weight excluding hydrogens is 354 g/mol. The Balaban J connectivity index is 1.61. The third kappa shape index (κ3) is 4.34. The van der Waals surface area contributed by atoms with E-state index < -0.39 is 12.1 Å². The van der Waals surface area contributed by atoms with Crippen LogP contribution in [0.5, 0.6) is 0 Å². The molecule has 26 heavy (non-hydrogen) atoms. The molecule has 7 nitrogen and oxygen atoms in total. The van der Waals surface area contributed by atoms with Gasteiger partial charge in [0.2, 0.25) is 5.91 Å². The SMILES string of the molecule is CC(=O)NCc1ccc(C(=O)O[C@H](C)c2nnc(-c3cccs3)o2)cc1. The van der Waals surface area contributed by atoms with E-state index in [2.05, 4.69) is 15.5 Å². The molecule has 0 saturated heterocycles. The molecule has 1 aromatic carbocycles. The number of nitrogens with zero attached hydrogens (tertiary/aromatic N) is 2. The van der Waals surface area contributed by atoms with Crippen LogP contribution in [-0.4, -0.2) is 22.1 Å². The van der Waals surface area contributed by atoms with E-state index >= 15 is 0 Å². The zero-order valence-electron chi connectivity index (χ0n) is 14.3. The minimum absolute atomic E-state index is 0.108. The van der Waals surface area contributed by atoms with Crippen LogP contribution in [0.4, 0.5) is 0 Å². The molecule has 0 aliphatic rings. The summed E-state index contributed by atoms with van der Waals surface area (Å²) in [4.78, 5) is 24.0. The van der Waals surface area contributed by atoms with Gasteiger partial charge in [-0.2, -0.15) is 0 Å². The van der Waals surface area contributed by atoms with Crippen molar-refractivity contribution in [3.8, 4) is 10.8 Å². The van der Waals surface area contributed by atoms with Crippen molar-refractivity contribution in [1.82, 2.24) is 15.5 Å². The Morgan fingerprint density at radius 3 is 2.65 bits per heavy atom. The highest BCUT2D eigenvalue weighted by atomic mass is 32.1. The van der Waals surface area contributed by atoms with E-state index in [9.17, 15) is 9.59 Å². The zero-order chi connectivity index (χ0) is 18.5. The van der Waals surface area contributed by atoms with Gasteiger partial charge in [-0.05, 0) is 36.1 Å². The van der Waals surface area contributed by atoms with Crippen LogP contribution >= 0.6 is 11.3 Å². The molecule has 0 saturated carbocycles. The average molecular weight is 371 g/mol. The summed E-state index contributed by atoms with van der Waals surface area (Å²) in [5.41, 5.74) is 1.30. The van der Waals surface area contributed by atoms with E-state index in [1.165, 1.54) is 18.3 Å². The quantitative estimate of drug-likeness (QED) is 0.668. The van der Waals surface area contributed by atoms with Crippen LogP contribution in [0.3, 0.4) is 0 Å². The molecule has 0 spiro atoms. The van der Waals surface area contributed by atoms with Crippen molar-refractivity contribution in [2.45, 2.75) is 26.5 Å². The van der Waals surface area contributed by atoms with Crippen LogP contribution in [0.1, 0.15) is 41.8 Å². The molecule has 0 unspecified atom stereocenters. The van der Waals surface area contributed by atoms with Gasteiger partial charge in [-0.1, -0.05) is 18.2 Å². The van der Waals surface area contributed by atoms with Gasteiger partial charge in [-0.3, -0.25) is 4.79 Å². The molecule has 2 aromatic heterocycles. The van der Waals surface area contributed by atoms with Crippen LogP contribution < -0.4 is 5.32 Å². The number of benzene rings is 1. The van der Waals surface area contributed by atoms with Gasteiger partial charge >= 0.3 is 5.97 Å². The summed E-state index contributed by atoms with van der Waals surface area (Å²) in [6.07, 6.45) is -0.664. The molecule has 3 rings (SSSR count). The fourth-order valence-corrected chi connectivity index (χ4v) is 2.81. The van der Waals surface area contributed by atoms with E-state index in [1.807, 2.05) is 17.5 Å². The molecule has 1 atom stereocenters. The number of amides is 1. The second kappa shape index (κ2) is 7.92. The number of ether oxygens (including phenoxy) is 1. The Bertz CT molecular complexity index is 888. The predicted octanol–water partition coefficient (Wildman–Crippen LogP) is 3.35. The predicted molar refractivity (Wildman–Crippen MR) is 95.4 cm³/mol. The van der Waals surface area contributed by atoms with Gasteiger partial charge in [0.15, 0.2) is 6.10 Å². The standard InChI is InChI=1S/C18H17N3O4S/c1-11(16-20-21-17(25-16)15-4-3-9-26-15)24-18(23)14-7-5-13(6-8-14)10-19-12(2)22/h3-9,11H,10H2,1-2H3,(H,19,22)/t11-/m1/s1. The van der Waals surface area contributed by atoms with Gasteiger partial charge in [0.25, 0.3) is 11.8 Å². The largest absolute Gasteiger partial charge is 0.449 e. The van der Waals surface area contributed by atoms with Gasteiger partial charge in [-0.25, -0.2) is 4.79 Å². The summed E-state index contributed by atoms with van der Waals surface area (Å²) in [6.45, 7) is 3.54. The molecule has 0 aliphatic heterocycles. The van der Waals surface area contributed by atoms with Crippen LogP contribution in [0.15, 0.2) is 46.2 Å². The first-order valence-electron chi connectivity index (χ1n) is 7.94. The van der Waals surface area contributed by atoms with Gasteiger partial charge in [0, 0.05) is 13.5 Å². The Hall–Kier alpha value is -3.00. The molecular formula is C18H17N3O4S. The maximum absolute atomic E-state index is 12.3. The summed E-state index contributed by atoms with van der Waals surface area (Å²) in [5.74, 6) is 0.0486. The van der Waals surface area contributed by atoms with E-state index in [4.69, 9.17) is 9.15 Å². The maximum Gasteiger partial charge on any atom is 0.338 e. The maximum atomic E-state index is 12.3. The van der Waals surface area contributed by atoms with E-state index in [-0.39, 0.29) is 11.8 Å². The number of esters is 1. The Morgan fingerprint density at radius 2 is 2.00 bits per heavy atom. The summed E-state index contributed by atoms with van der Waals surface area (Å²) in [6, 6.07) is 10.6. The zero-order valence-corrected chi connectivity index (χ0v) is 15.1. The Labute approximate surface area is 154 Å². The molecule has 2 heterocycles. The summed E-state index contributed by atoms with van der Waals surface area (Å²) in [5, 5.41) is 12.5. The normalized spacial score (nSPS) is 11.8. The second-order valence-corrected chi connectivity index (χ2v) is 6.52. The molecule has 0 radical (unpaired) electrons. The average Bonchev–Trinajstić information content (AvgIpc) is 3.31. The Kier molecular flexibility index (Phi) is 5.43. The molecule has 0 fully saturated rings. The van der Waals surface area contributed by atoms with Crippen LogP contribution in [0, 0.1) is 0 Å². The monoisotopic (exact) mass is 371 g/mol. The fraction of sp³-hybridized carbons (Fsp3) is 0.222. The lowest BCUT2D eigenvalue weighted by molar-refractivity contribution is -0.119. The Morgan fingerprint density at radius 1 is 1.23 bits per heavy atom. The molecule has 8 heteroatoms. The molecule has 3 aromatic rings.